The van der Waals surface area contributed by atoms with Crippen molar-refractivity contribution >= 4 is 17.7 Å². The monoisotopic (exact) mass is 370 g/mol. The summed E-state index contributed by atoms with van der Waals surface area (Å²) in [7, 11) is 1.85. The van der Waals surface area contributed by atoms with Gasteiger partial charge in [-0.1, -0.05) is 6.92 Å². The minimum Gasteiger partial charge on any atom is -0.459 e. The maximum atomic E-state index is 12.3. The number of anilines is 1. The number of ether oxygens (including phenoxy) is 1. The van der Waals surface area contributed by atoms with E-state index in [9.17, 15) is 9.59 Å². The van der Waals surface area contributed by atoms with E-state index < -0.39 is 0 Å². The van der Waals surface area contributed by atoms with Crippen molar-refractivity contribution in [1.29, 1.82) is 0 Å². The molecule has 2 N–H and O–H groups in total. The van der Waals surface area contributed by atoms with Gasteiger partial charge >= 0.3 is 12.0 Å². The van der Waals surface area contributed by atoms with Gasteiger partial charge in [0.2, 0.25) is 0 Å². The largest absolute Gasteiger partial charge is 0.459 e. The Morgan fingerprint density at radius 1 is 1.22 bits per heavy atom. The molecular formula is C20H26N4O3. The fourth-order valence-corrected chi connectivity index (χ4v) is 3.35. The molecule has 2 amide bonds. The van der Waals surface area contributed by atoms with Crippen molar-refractivity contribution in [3.8, 4) is 0 Å². The number of nitrogens with one attached hydrogen (secondary N) is 2. The highest BCUT2D eigenvalue weighted by atomic mass is 16.5. The molecule has 1 aliphatic carbocycles. The van der Waals surface area contributed by atoms with E-state index in [-0.39, 0.29) is 24.1 Å². The van der Waals surface area contributed by atoms with Crippen LogP contribution in [0.15, 0.2) is 36.5 Å². The highest BCUT2D eigenvalue weighted by molar-refractivity contribution is 5.92. The van der Waals surface area contributed by atoms with Crippen LogP contribution in [0.1, 0.15) is 61.1 Å². The van der Waals surface area contributed by atoms with E-state index in [4.69, 9.17) is 4.74 Å². The SMILES string of the molecule is CCC(NC(=O)Nc1ccc(C(=O)OC2CCCC2)cc1)c1ccnn1C. The molecule has 1 saturated carbocycles. The molecule has 0 aliphatic heterocycles. The first kappa shape index (κ1) is 18.9. The lowest BCUT2D eigenvalue weighted by Crippen LogP contribution is -2.33. The second-order valence-electron chi connectivity index (χ2n) is 6.83. The highest BCUT2D eigenvalue weighted by Crippen LogP contribution is 2.22. The first-order valence-corrected chi connectivity index (χ1v) is 9.43. The molecule has 1 aliphatic rings. The number of carbonyl (C=O) groups is 2. The molecule has 1 unspecified atom stereocenters. The number of esters is 1. The molecule has 1 heterocycles. The molecule has 0 radical (unpaired) electrons. The number of amides is 2. The minimum absolute atomic E-state index is 0.0408. The van der Waals surface area contributed by atoms with Gasteiger partial charge in [0, 0.05) is 18.9 Å². The Kier molecular flexibility index (Phi) is 6.11. The molecule has 3 rings (SSSR count). The van der Waals surface area contributed by atoms with Crippen LogP contribution in [0.4, 0.5) is 10.5 Å². The second kappa shape index (κ2) is 8.70. The molecule has 1 aromatic carbocycles. The van der Waals surface area contributed by atoms with Crippen molar-refractivity contribution in [1.82, 2.24) is 15.1 Å². The maximum absolute atomic E-state index is 12.3. The summed E-state index contributed by atoms with van der Waals surface area (Å²) < 4.78 is 7.24. The summed E-state index contributed by atoms with van der Waals surface area (Å²) >= 11 is 0. The number of benzene rings is 1. The van der Waals surface area contributed by atoms with Gasteiger partial charge in [0.15, 0.2) is 0 Å². The first-order chi connectivity index (χ1) is 13.1. The third-order valence-electron chi connectivity index (χ3n) is 4.88. The summed E-state index contributed by atoms with van der Waals surface area (Å²) in [5, 5.41) is 9.88. The Morgan fingerprint density at radius 3 is 2.52 bits per heavy atom. The molecule has 0 spiro atoms. The molecule has 1 fully saturated rings. The minimum atomic E-state index is -0.305. The Bertz CT molecular complexity index is 779. The predicted molar refractivity (Wildman–Crippen MR) is 103 cm³/mol. The van der Waals surface area contributed by atoms with Gasteiger partial charge < -0.3 is 15.4 Å². The van der Waals surface area contributed by atoms with E-state index in [0.717, 1.165) is 37.8 Å². The van der Waals surface area contributed by atoms with Gasteiger partial charge in [-0.15, -0.1) is 0 Å². The van der Waals surface area contributed by atoms with Gasteiger partial charge in [0.05, 0.1) is 17.3 Å². The van der Waals surface area contributed by atoms with E-state index in [1.165, 1.54) is 0 Å². The van der Waals surface area contributed by atoms with Crippen molar-refractivity contribution < 1.29 is 14.3 Å². The van der Waals surface area contributed by atoms with Gasteiger partial charge in [-0.3, -0.25) is 4.68 Å². The number of rotatable bonds is 6. The van der Waals surface area contributed by atoms with Crippen molar-refractivity contribution in [2.24, 2.45) is 7.05 Å². The fraction of sp³-hybridized carbons (Fsp3) is 0.450. The summed E-state index contributed by atoms with van der Waals surface area (Å²) in [5.74, 6) is -0.305. The smallest absolute Gasteiger partial charge is 0.338 e. The summed E-state index contributed by atoms with van der Waals surface area (Å²) in [6, 6.07) is 8.21. The van der Waals surface area contributed by atoms with Crippen molar-refractivity contribution in [3.05, 3.63) is 47.8 Å². The topological polar surface area (TPSA) is 85.2 Å². The van der Waals surface area contributed by atoms with Crippen LogP contribution >= 0.6 is 0 Å². The zero-order valence-electron chi connectivity index (χ0n) is 15.8. The van der Waals surface area contributed by atoms with Crippen LogP contribution in [0.2, 0.25) is 0 Å². The van der Waals surface area contributed by atoms with Crippen molar-refractivity contribution in [3.63, 3.8) is 0 Å². The molecule has 7 nitrogen and oxygen atoms in total. The lowest BCUT2D eigenvalue weighted by molar-refractivity contribution is 0.0318. The summed E-state index contributed by atoms with van der Waals surface area (Å²) in [6.45, 7) is 2.00. The Hall–Kier alpha value is -2.83. The number of hydrogen-bond donors (Lipinski definition) is 2. The number of hydrogen-bond acceptors (Lipinski definition) is 4. The van der Waals surface area contributed by atoms with Gasteiger partial charge in [-0.05, 0) is 62.4 Å². The van der Waals surface area contributed by atoms with Crippen LogP contribution in [-0.2, 0) is 11.8 Å². The summed E-state index contributed by atoms with van der Waals surface area (Å²) in [5.41, 5.74) is 2.05. The Morgan fingerprint density at radius 2 is 1.93 bits per heavy atom. The third kappa shape index (κ3) is 4.87. The number of nitrogens with zero attached hydrogens (tertiary/aromatic N) is 2. The van der Waals surface area contributed by atoms with E-state index in [2.05, 4.69) is 15.7 Å². The van der Waals surface area contributed by atoms with Crippen LogP contribution in [0.5, 0.6) is 0 Å². The van der Waals surface area contributed by atoms with Crippen molar-refractivity contribution in [2.45, 2.75) is 51.2 Å². The first-order valence-electron chi connectivity index (χ1n) is 9.43. The molecule has 7 heteroatoms. The van der Waals surface area contributed by atoms with Gasteiger partial charge in [-0.2, -0.15) is 5.10 Å². The number of urea groups is 1. The van der Waals surface area contributed by atoms with E-state index >= 15 is 0 Å². The molecule has 0 bridgehead atoms. The maximum Gasteiger partial charge on any atom is 0.338 e. The quantitative estimate of drug-likeness (QED) is 0.758. The molecular weight excluding hydrogens is 344 g/mol. The van der Waals surface area contributed by atoms with Crippen LogP contribution in [0.25, 0.3) is 0 Å². The van der Waals surface area contributed by atoms with E-state index in [0.29, 0.717) is 11.3 Å². The second-order valence-corrected chi connectivity index (χ2v) is 6.83. The normalized spacial score (nSPS) is 15.3. The molecule has 1 atom stereocenters. The lowest BCUT2D eigenvalue weighted by atomic mass is 10.1. The molecule has 27 heavy (non-hydrogen) atoms. The van der Waals surface area contributed by atoms with E-state index in [1.807, 2.05) is 20.0 Å². The third-order valence-corrected chi connectivity index (χ3v) is 4.88. The van der Waals surface area contributed by atoms with Crippen LogP contribution in [0, 0.1) is 0 Å². The zero-order valence-corrected chi connectivity index (χ0v) is 15.8. The Balaban J connectivity index is 1.54. The average Bonchev–Trinajstić information content (AvgIpc) is 3.32. The number of aromatic nitrogens is 2. The number of carbonyl (C=O) groups excluding carboxylic acids is 2. The molecule has 1 aromatic heterocycles. The van der Waals surface area contributed by atoms with Gasteiger partial charge in [-0.25, -0.2) is 9.59 Å². The molecule has 2 aromatic rings. The van der Waals surface area contributed by atoms with Crippen LogP contribution in [0.3, 0.4) is 0 Å². The predicted octanol–water partition coefficient (Wildman–Crippen LogP) is 3.79. The molecule has 0 saturated heterocycles. The van der Waals surface area contributed by atoms with E-state index in [1.54, 1.807) is 35.1 Å². The van der Waals surface area contributed by atoms with Crippen LogP contribution in [-0.4, -0.2) is 27.9 Å². The number of aryl methyl sites for hydroxylation is 1. The van der Waals surface area contributed by atoms with Gasteiger partial charge in [0.1, 0.15) is 6.10 Å². The summed E-state index contributed by atoms with van der Waals surface area (Å²) in [4.78, 5) is 24.4. The lowest BCUT2D eigenvalue weighted by Gasteiger charge is -2.18. The molecule has 144 valence electrons. The van der Waals surface area contributed by atoms with Crippen molar-refractivity contribution in [2.75, 3.05) is 5.32 Å². The zero-order chi connectivity index (χ0) is 19.2. The van der Waals surface area contributed by atoms with Gasteiger partial charge in [0.25, 0.3) is 0 Å². The van der Waals surface area contributed by atoms with Crippen LogP contribution < -0.4 is 10.6 Å². The fourth-order valence-electron chi connectivity index (χ4n) is 3.35. The standard InChI is InChI=1S/C20H26N4O3/c1-3-17(18-12-13-21-24(18)2)23-20(26)22-15-10-8-14(9-11-15)19(25)27-16-6-4-5-7-16/h8-13,16-17H,3-7H2,1-2H3,(H2,22,23,26). The average molecular weight is 370 g/mol. The summed E-state index contributed by atoms with van der Waals surface area (Å²) in [6.07, 6.45) is 6.63. The highest BCUT2D eigenvalue weighted by Gasteiger charge is 2.20. The Labute approximate surface area is 159 Å².